The van der Waals surface area contributed by atoms with Gasteiger partial charge in [-0.3, -0.25) is 0 Å². The van der Waals surface area contributed by atoms with E-state index in [0.29, 0.717) is 7.25 Å². The molecular formula is C39H37SiZr. The first kappa shape index (κ1) is 26.8. The molecule has 0 heterocycles. The van der Waals surface area contributed by atoms with Gasteiger partial charge in [-0.2, -0.15) is 0 Å². The van der Waals surface area contributed by atoms with Crippen molar-refractivity contribution in [1.82, 2.24) is 0 Å². The molecule has 0 spiro atoms. The summed E-state index contributed by atoms with van der Waals surface area (Å²) >= 11 is -2.10. The van der Waals surface area contributed by atoms with Gasteiger partial charge in [0.15, 0.2) is 0 Å². The van der Waals surface area contributed by atoms with Crippen LogP contribution in [-0.2, 0) is 20.9 Å². The van der Waals surface area contributed by atoms with Crippen LogP contribution in [0.3, 0.4) is 0 Å². The van der Waals surface area contributed by atoms with Gasteiger partial charge in [-0.25, -0.2) is 0 Å². The summed E-state index contributed by atoms with van der Waals surface area (Å²) in [4.78, 5) is 0. The van der Waals surface area contributed by atoms with Gasteiger partial charge in [0.05, 0.1) is 0 Å². The molecule has 0 aromatic heterocycles. The van der Waals surface area contributed by atoms with E-state index in [-0.39, 0.29) is 0 Å². The Morgan fingerprint density at radius 3 is 2.00 bits per heavy atom. The van der Waals surface area contributed by atoms with Gasteiger partial charge in [0.2, 0.25) is 0 Å². The molecule has 0 fully saturated rings. The minimum atomic E-state index is -2.10. The third kappa shape index (κ3) is 4.34. The van der Waals surface area contributed by atoms with E-state index in [1.165, 1.54) is 49.7 Å². The molecule has 5 aromatic carbocycles. The molecule has 7 rings (SSSR count). The topological polar surface area (TPSA) is 0 Å². The molecule has 2 unspecified atom stereocenters. The molecule has 0 radical (unpaired) electrons. The molecule has 0 saturated carbocycles. The third-order valence-corrected chi connectivity index (χ3v) is 31.7. The van der Waals surface area contributed by atoms with Crippen LogP contribution in [0.2, 0.25) is 13.1 Å². The number of benzene rings is 5. The summed E-state index contributed by atoms with van der Waals surface area (Å²) in [6, 6.07) is 41.0. The Bertz CT molecular complexity index is 1850. The molecule has 0 aliphatic heterocycles. The van der Waals surface area contributed by atoms with E-state index in [4.69, 9.17) is 0 Å². The fraction of sp³-hybridized carbons (Fsp3) is 0.179. The van der Waals surface area contributed by atoms with Crippen LogP contribution in [0.4, 0.5) is 0 Å². The average molecular weight is 625 g/mol. The third-order valence-electron chi connectivity index (χ3n) is 9.58. The molecule has 0 N–H and O–H groups in total. The molecule has 41 heavy (non-hydrogen) atoms. The first-order valence-electron chi connectivity index (χ1n) is 15.0. The Labute approximate surface area is 253 Å². The Hall–Kier alpha value is -3.06. The van der Waals surface area contributed by atoms with Crippen molar-refractivity contribution >= 4 is 28.3 Å². The molecule has 2 atom stereocenters. The molecule has 0 nitrogen and oxygen atoms in total. The van der Waals surface area contributed by atoms with Gasteiger partial charge in [-0.1, -0.05) is 0 Å². The second-order valence-electron chi connectivity index (χ2n) is 12.2. The summed E-state index contributed by atoms with van der Waals surface area (Å²) in [5.74, 6) is -0.911. The summed E-state index contributed by atoms with van der Waals surface area (Å²) < 4.78 is 1.30. The number of fused-ring (bicyclic) bond motifs is 3. The number of hydrogen-bond donors (Lipinski definition) is 0. The molecule has 2 aliphatic rings. The maximum absolute atomic E-state index is 2.66. The zero-order valence-electron chi connectivity index (χ0n) is 24.7. The Morgan fingerprint density at radius 1 is 0.585 bits per heavy atom. The summed E-state index contributed by atoms with van der Waals surface area (Å²) in [6.45, 7) is 12.6. The Morgan fingerprint density at radius 2 is 1.22 bits per heavy atom. The van der Waals surface area contributed by atoms with Crippen molar-refractivity contribution in [2.24, 2.45) is 0 Å². The number of allylic oxidation sites excluding steroid dienone is 3. The molecule has 0 saturated heterocycles. The van der Waals surface area contributed by atoms with Gasteiger partial charge in [0.25, 0.3) is 0 Å². The Balaban J connectivity index is 1.38. The van der Waals surface area contributed by atoms with Crippen LogP contribution < -0.4 is 0 Å². The molecule has 0 amide bonds. The van der Waals surface area contributed by atoms with E-state index in [9.17, 15) is 0 Å². The number of rotatable bonds is 5. The number of hydrogen-bond acceptors (Lipinski definition) is 0. The van der Waals surface area contributed by atoms with Gasteiger partial charge in [0.1, 0.15) is 0 Å². The van der Waals surface area contributed by atoms with Crippen molar-refractivity contribution in [2.45, 2.75) is 41.1 Å². The van der Waals surface area contributed by atoms with Crippen molar-refractivity contribution < 1.29 is 20.9 Å². The van der Waals surface area contributed by atoms with Gasteiger partial charge in [-0.05, 0) is 0 Å². The van der Waals surface area contributed by atoms with Crippen molar-refractivity contribution in [3.05, 3.63) is 143 Å². The molecule has 2 aliphatic carbocycles. The normalized spacial score (nSPS) is 17.7. The minimum absolute atomic E-state index is 0.646. The van der Waals surface area contributed by atoms with Gasteiger partial charge < -0.3 is 0 Å². The van der Waals surface area contributed by atoms with Gasteiger partial charge in [0, 0.05) is 0 Å². The van der Waals surface area contributed by atoms with E-state index in [2.05, 4.69) is 149 Å². The molecule has 5 aromatic rings. The monoisotopic (exact) mass is 623 g/mol. The predicted octanol–water partition coefficient (Wildman–Crippen LogP) is 10.8. The average Bonchev–Trinajstić information content (AvgIpc) is 3.46. The van der Waals surface area contributed by atoms with Gasteiger partial charge >= 0.3 is 255 Å². The van der Waals surface area contributed by atoms with Crippen LogP contribution in [0.15, 0.2) is 120 Å². The predicted molar refractivity (Wildman–Crippen MR) is 178 cm³/mol. The molecule has 2 heteroatoms. The maximum atomic E-state index is 2.66. The quantitative estimate of drug-likeness (QED) is 0.171. The second-order valence-corrected chi connectivity index (χ2v) is 32.3. The van der Waals surface area contributed by atoms with Crippen LogP contribution in [0.1, 0.15) is 50.3 Å². The van der Waals surface area contributed by atoms with Crippen molar-refractivity contribution in [1.29, 1.82) is 0 Å². The van der Waals surface area contributed by atoms with E-state index >= 15 is 0 Å². The first-order chi connectivity index (χ1) is 20.0. The van der Waals surface area contributed by atoms with Crippen molar-refractivity contribution in [3.8, 4) is 22.3 Å². The second kappa shape index (κ2) is 10.6. The van der Waals surface area contributed by atoms with Crippen LogP contribution in [-0.4, -0.2) is 5.92 Å². The van der Waals surface area contributed by atoms with Gasteiger partial charge in [-0.15, -0.1) is 0 Å². The SMILES string of the molecule is CC1=Cc2c(-c3cccc4ccccc34)cccc2[CH]1[Zr]([CH]1C(C)=C(C)c2c(-c3ccccc3)cccc21)[SiH](C)C. The molecule has 201 valence electrons. The fourth-order valence-electron chi connectivity index (χ4n) is 7.69. The molecular weight excluding hydrogens is 588 g/mol. The van der Waals surface area contributed by atoms with E-state index in [1.54, 1.807) is 22.3 Å². The van der Waals surface area contributed by atoms with E-state index < -0.39 is 26.8 Å². The fourth-order valence-corrected chi connectivity index (χ4v) is 31.1. The zero-order chi connectivity index (χ0) is 28.2. The van der Waals surface area contributed by atoms with E-state index in [1.807, 2.05) is 0 Å². The van der Waals surface area contributed by atoms with Crippen molar-refractivity contribution in [3.63, 3.8) is 0 Å². The zero-order valence-corrected chi connectivity index (χ0v) is 28.3. The summed E-state index contributed by atoms with van der Waals surface area (Å²) in [5.41, 5.74) is 16.6. The standard InChI is InChI=1S/C20H15.C17H15.C2H7Si.Zr/c1-14-12-16-8-5-11-19(20(16)13-14)18-10-4-7-15-6-2-3-9-17(15)18;1-12-11-15-9-6-10-16(17(15)13(12)2)14-7-4-3-5-8-14;1-3-2;/h2-13H,1H3;3-11H,1-2H3;3H,1-2H3;. The van der Waals surface area contributed by atoms with Crippen LogP contribution in [0.5, 0.6) is 0 Å². The first-order valence-corrected chi connectivity index (χ1v) is 25.0. The van der Waals surface area contributed by atoms with E-state index in [0.717, 1.165) is 0 Å². The summed E-state index contributed by atoms with van der Waals surface area (Å²) in [7, 11) is 0. The van der Waals surface area contributed by atoms with Crippen LogP contribution in [0, 0.1) is 0 Å². The Kier molecular flexibility index (Phi) is 6.96. The summed E-state index contributed by atoms with van der Waals surface area (Å²) in [5, 5.41) is 2.67. The van der Waals surface area contributed by atoms with Crippen LogP contribution >= 0.6 is 0 Å². The van der Waals surface area contributed by atoms with Crippen LogP contribution in [0.25, 0.3) is 44.7 Å². The molecule has 0 bridgehead atoms. The summed E-state index contributed by atoms with van der Waals surface area (Å²) in [6.07, 6.45) is 2.57. The van der Waals surface area contributed by atoms with Crippen molar-refractivity contribution in [2.75, 3.05) is 0 Å².